The van der Waals surface area contributed by atoms with E-state index < -0.39 is 0 Å². The van der Waals surface area contributed by atoms with Gasteiger partial charge < -0.3 is 10.7 Å². The molecule has 0 aliphatic carbocycles. The first-order valence-corrected chi connectivity index (χ1v) is 6.19. The van der Waals surface area contributed by atoms with Gasteiger partial charge in [0.25, 0.3) is 0 Å². The first kappa shape index (κ1) is 11.6. The summed E-state index contributed by atoms with van der Waals surface area (Å²) in [5.74, 6) is 1.25. The summed E-state index contributed by atoms with van der Waals surface area (Å²) in [6.45, 7) is 6.25. The summed E-state index contributed by atoms with van der Waals surface area (Å²) in [7, 11) is 0. The van der Waals surface area contributed by atoms with Gasteiger partial charge in [0.2, 0.25) is 0 Å². The molecule has 2 aromatic rings. The Bertz CT molecular complexity index is 516. The fraction of sp³-hybridized carbons (Fsp3) is 0.417. The van der Waals surface area contributed by atoms with Gasteiger partial charge in [-0.2, -0.15) is 0 Å². The number of halogens is 1. The van der Waals surface area contributed by atoms with Crippen LogP contribution in [0.15, 0.2) is 16.6 Å². The highest BCUT2D eigenvalue weighted by Gasteiger charge is 2.15. The average molecular weight is 282 g/mol. The SMILES string of the molecule is Cc1cc(Br)cc2[nH]c(C(N)C(C)C)nc12. The van der Waals surface area contributed by atoms with E-state index in [0.717, 1.165) is 26.9 Å². The van der Waals surface area contributed by atoms with Crippen molar-refractivity contribution in [2.24, 2.45) is 11.7 Å². The summed E-state index contributed by atoms with van der Waals surface area (Å²) < 4.78 is 1.06. The van der Waals surface area contributed by atoms with Crippen molar-refractivity contribution in [3.8, 4) is 0 Å². The molecule has 1 aromatic heterocycles. The lowest BCUT2D eigenvalue weighted by Gasteiger charge is -2.11. The zero-order valence-electron chi connectivity index (χ0n) is 9.71. The van der Waals surface area contributed by atoms with Crippen molar-refractivity contribution in [1.82, 2.24) is 9.97 Å². The van der Waals surface area contributed by atoms with Gasteiger partial charge in [0.05, 0.1) is 17.1 Å². The number of nitrogens with one attached hydrogen (secondary N) is 1. The number of benzene rings is 1. The van der Waals surface area contributed by atoms with E-state index in [1.807, 2.05) is 6.07 Å². The normalized spacial score (nSPS) is 13.6. The van der Waals surface area contributed by atoms with E-state index in [0.29, 0.717) is 5.92 Å². The Kier molecular flexibility index (Phi) is 3.04. The zero-order valence-corrected chi connectivity index (χ0v) is 11.3. The molecule has 0 spiro atoms. The summed E-state index contributed by atoms with van der Waals surface area (Å²) in [5, 5.41) is 0. The van der Waals surface area contributed by atoms with E-state index in [1.54, 1.807) is 0 Å². The van der Waals surface area contributed by atoms with E-state index in [2.05, 4.69) is 52.7 Å². The maximum Gasteiger partial charge on any atom is 0.124 e. The zero-order chi connectivity index (χ0) is 11.9. The molecule has 1 unspecified atom stereocenters. The second-order valence-electron chi connectivity index (χ2n) is 4.51. The Morgan fingerprint density at radius 3 is 2.69 bits per heavy atom. The van der Waals surface area contributed by atoms with Gasteiger partial charge in [-0.3, -0.25) is 0 Å². The number of H-pyrrole nitrogens is 1. The van der Waals surface area contributed by atoms with Crippen LogP contribution in [0.1, 0.15) is 31.3 Å². The number of rotatable bonds is 2. The van der Waals surface area contributed by atoms with Crippen LogP contribution in [0.5, 0.6) is 0 Å². The Morgan fingerprint density at radius 2 is 2.06 bits per heavy atom. The van der Waals surface area contributed by atoms with Gasteiger partial charge in [0.1, 0.15) is 5.82 Å². The van der Waals surface area contributed by atoms with Gasteiger partial charge >= 0.3 is 0 Å². The van der Waals surface area contributed by atoms with Crippen LogP contribution in [0.2, 0.25) is 0 Å². The topological polar surface area (TPSA) is 54.7 Å². The third-order valence-electron chi connectivity index (χ3n) is 2.79. The van der Waals surface area contributed by atoms with E-state index in [-0.39, 0.29) is 6.04 Å². The van der Waals surface area contributed by atoms with Crippen LogP contribution in [0.3, 0.4) is 0 Å². The lowest BCUT2D eigenvalue weighted by atomic mass is 10.1. The minimum atomic E-state index is -0.0365. The van der Waals surface area contributed by atoms with Crippen LogP contribution >= 0.6 is 15.9 Å². The molecule has 0 bridgehead atoms. The van der Waals surface area contributed by atoms with Crippen LogP contribution in [0, 0.1) is 12.8 Å². The summed E-state index contributed by atoms with van der Waals surface area (Å²) in [5.41, 5.74) is 9.29. The molecule has 0 aliphatic rings. The lowest BCUT2D eigenvalue weighted by Crippen LogP contribution is -2.18. The second kappa shape index (κ2) is 4.18. The van der Waals surface area contributed by atoms with Gasteiger partial charge in [-0.1, -0.05) is 29.8 Å². The largest absolute Gasteiger partial charge is 0.341 e. The molecule has 1 heterocycles. The smallest absolute Gasteiger partial charge is 0.124 e. The first-order chi connectivity index (χ1) is 7.49. The predicted molar refractivity (Wildman–Crippen MR) is 70.3 cm³/mol. The van der Waals surface area contributed by atoms with Crippen molar-refractivity contribution in [3.05, 3.63) is 28.0 Å². The summed E-state index contributed by atoms with van der Waals surface area (Å²) in [6, 6.07) is 4.06. The number of nitrogens with two attached hydrogens (primary N) is 1. The van der Waals surface area contributed by atoms with Crippen molar-refractivity contribution in [2.45, 2.75) is 26.8 Å². The molecular weight excluding hydrogens is 266 g/mol. The van der Waals surface area contributed by atoms with E-state index in [9.17, 15) is 0 Å². The number of aromatic nitrogens is 2. The fourth-order valence-electron chi connectivity index (χ4n) is 1.74. The Balaban J connectivity index is 2.56. The minimum Gasteiger partial charge on any atom is -0.341 e. The average Bonchev–Trinajstić information content (AvgIpc) is 2.60. The number of imidazole rings is 1. The summed E-state index contributed by atoms with van der Waals surface area (Å²) in [6.07, 6.45) is 0. The molecule has 86 valence electrons. The van der Waals surface area contributed by atoms with Crippen molar-refractivity contribution < 1.29 is 0 Å². The molecule has 4 heteroatoms. The Labute approximate surface area is 104 Å². The Hall–Kier alpha value is -0.870. The molecule has 2 rings (SSSR count). The summed E-state index contributed by atoms with van der Waals surface area (Å²) in [4.78, 5) is 7.87. The Morgan fingerprint density at radius 1 is 1.38 bits per heavy atom. The van der Waals surface area contributed by atoms with Crippen molar-refractivity contribution in [3.63, 3.8) is 0 Å². The highest BCUT2D eigenvalue weighted by molar-refractivity contribution is 9.10. The lowest BCUT2D eigenvalue weighted by molar-refractivity contribution is 0.495. The molecule has 3 N–H and O–H groups in total. The molecule has 16 heavy (non-hydrogen) atoms. The molecule has 0 aliphatic heterocycles. The van der Waals surface area contributed by atoms with Gasteiger partial charge in [-0.15, -0.1) is 0 Å². The van der Waals surface area contributed by atoms with Crippen LogP contribution in [-0.2, 0) is 0 Å². The molecule has 0 saturated carbocycles. The first-order valence-electron chi connectivity index (χ1n) is 5.40. The monoisotopic (exact) mass is 281 g/mol. The van der Waals surface area contributed by atoms with Gasteiger partial charge in [0.15, 0.2) is 0 Å². The number of hydrogen-bond donors (Lipinski definition) is 2. The minimum absolute atomic E-state index is 0.0365. The molecule has 0 fully saturated rings. The highest BCUT2D eigenvalue weighted by Crippen LogP contribution is 2.25. The van der Waals surface area contributed by atoms with Crippen molar-refractivity contribution in [1.29, 1.82) is 0 Å². The maximum absolute atomic E-state index is 6.08. The van der Waals surface area contributed by atoms with Crippen LogP contribution in [-0.4, -0.2) is 9.97 Å². The predicted octanol–water partition coefficient (Wildman–Crippen LogP) is 3.29. The quantitative estimate of drug-likeness (QED) is 0.888. The van der Waals surface area contributed by atoms with Crippen LogP contribution in [0.25, 0.3) is 11.0 Å². The highest BCUT2D eigenvalue weighted by atomic mass is 79.9. The molecule has 1 aromatic carbocycles. The third kappa shape index (κ3) is 1.99. The summed E-state index contributed by atoms with van der Waals surface area (Å²) >= 11 is 3.48. The maximum atomic E-state index is 6.08. The standard InChI is InChI=1S/C12H16BrN3/c1-6(2)10(14)12-15-9-5-8(13)4-7(3)11(9)16-12/h4-6,10H,14H2,1-3H3,(H,15,16). The number of fused-ring (bicyclic) bond motifs is 1. The van der Waals surface area contributed by atoms with Crippen molar-refractivity contribution in [2.75, 3.05) is 0 Å². The molecule has 0 radical (unpaired) electrons. The van der Waals surface area contributed by atoms with Crippen molar-refractivity contribution >= 4 is 27.0 Å². The fourth-order valence-corrected chi connectivity index (χ4v) is 2.31. The number of hydrogen-bond acceptors (Lipinski definition) is 2. The second-order valence-corrected chi connectivity index (χ2v) is 5.43. The molecule has 0 saturated heterocycles. The van der Waals surface area contributed by atoms with Gasteiger partial charge in [-0.05, 0) is 30.5 Å². The molecular formula is C12H16BrN3. The van der Waals surface area contributed by atoms with E-state index in [1.165, 1.54) is 0 Å². The molecule has 3 nitrogen and oxygen atoms in total. The van der Waals surface area contributed by atoms with Crippen LogP contribution < -0.4 is 5.73 Å². The van der Waals surface area contributed by atoms with Gasteiger partial charge in [-0.25, -0.2) is 4.98 Å². The van der Waals surface area contributed by atoms with E-state index in [4.69, 9.17) is 5.73 Å². The number of aryl methyl sites for hydroxylation is 1. The van der Waals surface area contributed by atoms with Crippen LogP contribution in [0.4, 0.5) is 0 Å². The van der Waals surface area contributed by atoms with Gasteiger partial charge in [0, 0.05) is 4.47 Å². The van der Waals surface area contributed by atoms with E-state index >= 15 is 0 Å². The number of nitrogens with zero attached hydrogens (tertiary/aromatic N) is 1. The molecule has 0 amide bonds. The third-order valence-corrected chi connectivity index (χ3v) is 3.25. The number of aromatic amines is 1. The molecule has 1 atom stereocenters.